The van der Waals surface area contributed by atoms with E-state index in [4.69, 9.17) is 0 Å². The highest BCUT2D eigenvalue weighted by atomic mass is 32.1. The lowest BCUT2D eigenvalue weighted by Gasteiger charge is -2.22. The van der Waals surface area contributed by atoms with Crippen LogP contribution >= 0.6 is 11.3 Å². The smallest absolute Gasteiger partial charge is 0.270 e. The Bertz CT molecular complexity index is 910. The minimum Gasteiger partial charge on any atom is -0.350 e. The summed E-state index contributed by atoms with van der Waals surface area (Å²) < 4.78 is 0. The maximum Gasteiger partial charge on any atom is 0.270 e. The van der Waals surface area contributed by atoms with Crippen LogP contribution in [0.1, 0.15) is 28.9 Å². The number of thiophene rings is 1. The number of carbonyl (C=O) groups excluding carboxylic acids is 1. The molecule has 4 rings (SSSR count). The predicted molar refractivity (Wildman–Crippen MR) is 91.8 cm³/mol. The van der Waals surface area contributed by atoms with Crippen LogP contribution in [0.4, 0.5) is 0 Å². The van der Waals surface area contributed by atoms with E-state index in [0.29, 0.717) is 23.1 Å². The zero-order chi connectivity index (χ0) is 15.8. The first-order chi connectivity index (χ1) is 11.2. The Balaban J connectivity index is 1.70. The third kappa shape index (κ3) is 2.80. The molecule has 0 aliphatic heterocycles. The van der Waals surface area contributed by atoms with E-state index in [1.807, 2.05) is 34.5 Å². The molecule has 2 heterocycles. The van der Waals surface area contributed by atoms with E-state index in [0.717, 1.165) is 18.4 Å². The zero-order valence-electron chi connectivity index (χ0n) is 12.5. The number of pyridine rings is 1. The van der Waals surface area contributed by atoms with Crippen LogP contribution in [0.25, 0.3) is 10.9 Å². The quantitative estimate of drug-likeness (QED) is 0.800. The molecule has 1 aliphatic rings. The zero-order valence-corrected chi connectivity index (χ0v) is 13.3. The molecule has 1 aliphatic carbocycles. The Kier molecular flexibility index (Phi) is 3.50. The van der Waals surface area contributed by atoms with Crippen molar-refractivity contribution in [2.75, 3.05) is 0 Å². The third-order valence-electron chi connectivity index (χ3n) is 4.15. The van der Waals surface area contributed by atoms with Crippen molar-refractivity contribution in [2.24, 2.45) is 0 Å². The van der Waals surface area contributed by atoms with Gasteiger partial charge in [-0.2, -0.15) is 11.3 Å². The lowest BCUT2D eigenvalue weighted by molar-refractivity contribution is 0.0724. The van der Waals surface area contributed by atoms with Crippen LogP contribution in [0.3, 0.4) is 0 Å². The summed E-state index contributed by atoms with van der Waals surface area (Å²) in [5.41, 5.74) is 2.10. The SMILES string of the molecule is O=C(c1cc(=O)c2ccccc2[nH]1)N(Cc1ccsc1)C1CC1. The number of nitrogens with zero attached hydrogens (tertiary/aromatic N) is 1. The first-order valence-corrected chi connectivity index (χ1v) is 8.61. The van der Waals surface area contributed by atoms with Gasteiger partial charge >= 0.3 is 0 Å². The van der Waals surface area contributed by atoms with Crippen molar-refractivity contribution in [1.29, 1.82) is 0 Å². The number of hydrogen-bond acceptors (Lipinski definition) is 3. The summed E-state index contributed by atoms with van der Waals surface area (Å²) in [4.78, 5) is 30.1. The molecule has 0 bridgehead atoms. The fourth-order valence-corrected chi connectivity index (χ4v) is 3.46. The molecule has 0 unspecified atom stereocenters. The van der Waals surface area contributed by atoms with Crippen molar-refractivity contribution in [2.45, 2.75) is 25.4 Å². The summed E-state index contributed by atoms with van der Waals surface area (Å²) in [6.45, 7) is 0.599. The monoisotopic (exact) mass is 324 g/mol. The van der Waals surface area contributed by atoms with E-state index in [9.17, 15) is 9.59 Å². The van der Waals surface area contributed by atoms with Crippen LogP contribution in [0.15, 0.2) is 52.0 Å². The van der Waals surface area contributed by atoms with Crippen LogP contribution < -0.4 is 5.43 Å². The molecule has 1 N–H and O–H groups in total. The Morgan fingerprint density at radius 1 is 1.26 bits per heavy atom. The molecule has 0 radical (unpaired) electrons. The van der Waals surface area contributed by atoms with Gasteiger partial charge in [0.2, 0.25) is 0 Å². The molecule has 1 fully saturated rings. The highest BCUT2D eigenvalue weighted by Crippen LogP contribution is 2.30. The van der Waals surface area contributed by atoms with E-state index in [1.54, 1.807) is 17.4 Å². The predicted octanol–water partition coefficient (Wildman–Crippen LogP) is 3.39. The number of aromatic amines is 1. The Labute approximate surface area is 137 Å². The number of benzene rings is 1. The first-order valence-electron chi connectivity index (χ1n) is 7.66. The van der Waals surface area contributed by atoms with Gasteiger partial charge in [-0.05, 0) is 47.4 Å². The second-order valence-corrected chi connectivity index (χ2v) is 6.67. The highest BCUT2D eigenvalue weighted by molar-refractivity contribution is 7.07. The number of nitrogens with one attached hydrogen (secondary N) is 1. The fraction of sp³-hybridized carbons (Fsp3) is 0.222. The van der Waals surface area contributed by atoms with Crippen LogP contribution in [0.2, 0.25) is 0 Å². The topological polar surface area (TPSA) is 53.2 Å². The van der Waals surface area contributed by atoms with Crippen molar-refractivity contribution in [3.8, 4) is 0 Å². The van der Waals surface area contributed by atoms with Gasteiger partial charge in [0, 0.05) is 29.6 Å². The number of H-pyrrole nitrogens is 1. The molecule has 1 aromatic carbocycles. The largest absolute Gasteiger partial charge is 0.350 e. The van der Waals surface area contributed by atoms with Crippen molar-refractivity contribution < 1.29 is 4.79 Å². The first kappa shape index (κ1) is 14.2. The average molecular weight is 324 g/mol. The van der Waals surface area contributed by atoms with Gasteiger partial charge in [-0.3, -0.25) is 9.59 Å². The third-order valence-corrected chi connectivity index (χ3v) is 4.88. The van der Waals surface area contributed by atoms with Gasteiger partial charge in [0.1, 0.15) is 5.69 Å². The van der Waals surface area contributed by atoms with Gasteiger partial charge in [-0.1, -0.05) is 12.1 Å². The molecule has 2 aromatic heterocycles. The van der Waals surface area contributed by atoms with Crippen molar-refractivity contribution >= 4 is 28.1 Å². The number of fused-ring (bicyclic) bond motifs is 1. The number of carbonyl (C=O) groups is 1. The standard InChI is InChI=1S/C18H16N2O2S/c21-17-9-16(19-15-4-2-1-3-14(15)17)18(22)20(13-5-6-13)10-12-7-8-23-11-12/h1-4,7-9,11,13H,5-6,10H2,(H,19,21). The summed E-state index contributed by atoms with van der Waals surface area (Å²) >= 11 is 1.63. The summed E-state index contributed by atoms with van der Waals surface area (Å²) in [5.74, 6) is -0.0958. The molecule has 4 nitrogen and oxygen atoms in total. The van der Waals surface area contributed by atoms with Crippen LogP contribution in [-0.4, -0.2) is 21.8 Å². The number of aromatic nitrogens is 1. The van der Waals surface area contributed by atoms with E-state index < -0.39 is 0 Å². The summed E-state index contributed by atoms with van der Waals surface area (Å²) in [6, 6.07) is 11.0. The second-order valence-electron chi connectivity index (χ2n) is 5.89. The molecule has 5 heteroatoms. The summed E-state index contributed by atoms with van der Waals surface area (Å²) in [7, 11) is 0. The van der Waals surface area contributed by atoms with Gasteiger partial charge in [0.25, 0.3) is 5.91 Å². The Morgan fingerprint density at radius 3 is 2.83 bits per heavy atom. The molecule has 1 saturated carbocycles. The van der Waals surface area contributed by atoms with E-state index in [-0.39, 0.29) is 17.4 Å². The van der Waals surface area contributed by atoms with Gasteiger partial charge < -0.3 is 9.88 Å². The molecule has 0 saturated heterocycles. The van der Waals surface area contributed by atoms with Crippen molar-refractivity contribution in [3.63, 3.8) is 0 Å². The normalized spacial score (nSPS) is 14.1. The molecule has 1 amide bonds. The maximum atomic E-state index is 12.9. The Morgan fingerprint density at radius 2 is 2.09 bits per heavy atom. The van der Waals surface area contributed by atoms with Gasteiger partial charge in [0.15, 0.2) is 5.43 Å². The maximum absolute atomic E-state index is 12.9. The fourth-order valence-electron chi connectivity index (χ4n) is 2.80. The molecule has 23 heavy (non-hydrogen) atoms. The highest BCUT2D eigenvalue weighted by Gasteiger charge is 2.33. The molecular weight excluding hydrogens is 308 g/mol. The van der Waals surface area contributed by atoms with Gasteiger partial charge in [-0.25, -0.2) is 0 Å². The molecular formula is C18H16N2O2S. The van der Waals surface area contributed by atoms with Gasteiger partial charge in [0.05, 0.1) is 0 Å². The lowest BCUT2D eigenvalue weighted by Crippen LogP contribution is -2.33. The number of para-hydroxylation sites is 1. The number of amides is 1. The van der Waals surface area contributed by atoms with Crippen LogP contribution in [0.5, 0.6) is 0 Å². The molecule has 0 atom stereocenters. The number of hydrogen-bond donors (Lipinski definition) is 1. The van der Waals surface area contributed by atoms with Crippen molar-refractivity contribution in [1.82, 2.24) is 9.88 Å². The second kappa shape index (κ2) is 5.66. The Hall–Kier alpha value is -2.40. The number of rotatable bonds is 4. The van der Waals surface area contributed by atoms with Crippen LogP contribution in [-0.2, 0) is 6.54 Å². The molecule has 0 spiro atoms. The summed E-state index contributed by atoms with van der Waals surface area (Å²) in [6.07, 6.45) is 2.07. The average Bonchev–Trinajstić information content (AvgIpc) is 3.28. The lowest BCUT2D eigenvalue weighted by atomic mass is 10.2. The van der Waals surface area contributed by atoms with Gasteiger partial charge in [-0.15, -0.1) is 0 Å². The van der Waals surface area contributed by atoms with Crippen molar-refractivity contribution in [3.05, 3.63) is 68.6 Å². The van der Waals surface area contributed by atoms with E-state index in [1.165, 1.54) is 6.07 Å². The van der Waals surface area contributed by atoms with Crippen LogP contribution in [0, 0.1) is 0 Å². The van der Waals surface area contributed by atoms with E-state index >= 15 is 0 Å². The minimum atomic E-state index is -0.117. The molecule has 116 valence electrons. The molecule has 3 aromatic rings. The summed E-state index contributed by atoms with van der Waals surface area (Å²) in [5, 5.41) is 4.69. The van der Waals surface area contributed by atoms with E-state index in [2.05, 4.69) is 10.4 Å². The minimum absolute atomic E-state index is 0.0958.